The molecule has 11 nitrogen and oxygen atoms in total. The molecule has 0 fully saturated rings. The molecule has 9 aromatic rings. The summed E-state index contributed by atoms with van der Waals surface area (Å²) in [4.78, 5) is 41.6. The number of aldehydes is 1. The van der Waals surface area contributed by atoms with Crippen LogP contribution in [0.15, 0.2) is 158 Å². The van der Waals surface area contributed by atoms with Crippen molar-refractivity contribution in [2.24, 2.45) is 0 Å². The van der Waals surface area contributed by atoms with Crippen molar-refractivity contribution in [3.05, 3.63) is 189 Å². The first-order chi connectivity index (χ1) is 30.8. The Morgan fingerprint density at radius 3 is 1.57 bits per heavy atom. The van der Waals surface area contributed by atoms with Gasteiger partial charge in [-0.3, -0.25) is 4.79 Å². The van der Waals surface area contributed by atoms with E-state index < -0.39 is 6.10 Å². The van der Waals surface area contributed by atoms with Crippen molar-refractivity contribution in [1.29, 1.82) is 0 Å². The van der Waals surface area contributed by atoms with Crippen molar-refractivity contribution in [3.8, 4) is 31.7 Å². The summed E-state index contributed by atoms with van der Waals surface area (Å²) in [6, 6.07) is 45.5. The number of aromatic nitrogens is 6. The fourth-order valence-corrected chi connectivity index (χ4v) is 8.69. The Kier molecular flexibility index (Phi) is 16.0. The molecule has 0 aliphatic heterocycles. The Morgan fingerprint density at radius 2 is 1.06 bits per heavy atom. The van der Waals surface area contributed by atoms with Crippen LogP contribution in [-0.4, -0.2) is 41.3 Å². The van der Waals surface area contributed by atoms with Gasteiger partial charge in [0, 0.05) is 58.5 Å². The molecule has 63 heavy (non-hydrogen) atoms. The van der Waals surface area contributed by atoms with Crippen LogP contribution in [0.3, 0.4) is 0 Å². The number of hydrogen-bond acceptors (Lipinski definition) is 14. The molecule has 0 bridgehead atoms. The second-order valence-corrected chi connectivity index (χ2v) is 17.5. The number of thiophene rings is 3. The number of nitrogens with zero attached hydrogens (tertiary/aromatic N) is 6. The second-order valence-electron chi connectivity index (χ2n) is 13.4. The van der Waals surface area contributed by atoms with E-state index in [0.717, 1.165) is 73.7 Å². The van der Waals surface area contributed by atoms with Gasteiger partial charge in [0.25, 0.3) is 0 Å². The fraction of sp³-hybridized carbons (Fsp3) is 0.0851. The lowest BCUT2D eigenvalue weighted by Gasteiger charge is -2.09. The zero-order valence-electron chi connectivity index (χ0n) is 33.6. The number of nitrogens with one attached hydrogen (secondary N) is 3. The Hall–Kier alpha value is -6.39. The van der Waals surface area contributed by atoms with E-state index in [0.29, 0.717) is 10.8 Å². The largest absolute Gasteiger partial charge is 0.389 e. The van der Waals surface area contributed by atoms with E-state index in [9.17, 15) is 9.90 Å². The second kappa shape index (κ2) is 22.6. The van der Waals surface area contributed by atoms with Gasteiger partial charge in [-0.15, -0.1) is 34.0 Å². The lowest BCUT2D eigenvalue weighted by atomic mass is 10.1. The van der Waals surface area contributed by atoms with E-state index >= 15 is 0 Å². The molecule has 16 heteroatoms. The average Bonchev–Trinajstić information content (AvgIpc) is 4.12. The predicted molar refractivity (Wildman–Crippen MR) is 259 cm³/mol. The predicted octanol–water partition coefficient (Wildman–Crippen LogP) is 12.8. The topological polar surface area (TPSA) is 151 Å². The summed E-state index contributed by atoms with van der Waals surface area (Å²) in [7, 11) is 0. The van der Waals surface area contributed by atoms with Crippen molar-refractivity contribution in [1.82, 2.24) is 29.9 Å². The van der Waals surface area contributed by atoms with Gasteiger partial charge in [-0.2, -0.15) is 0 Å². The van der Waals surface area contributed by atoms with Gasteiger partial charge in [-0.05, 0) is 127 Å². The third-order valence-electron chi connectivity index (χ3n) is 8.84. The minimum atomic E-state index is -0.516. The molecule has 6 heterocycles. The van der Waals surface area contributed by atoms with Gasteiger partial charge in [-0.1, -0.05) is 48.5 Å². The van der Waals surface area contributed by atoms with Crippen LogP contribution in [0.1, 0.15) is 38.0 Å². The number of aliphatic hydroxyl groups is 1. The average molecular weight is 929 g/mol. The van der Waals surface area contributed by atoms with Crippen LogP contribution < -0.4 is 16.0 Å². The smallest absolute Gasteiger partial charge is 0.227 e. The summed E-state index contributed by atoms with van der Waals surface area (Å²) in [6.45, 7) is 3.32. The number of benzene rings is 3. The first kappa shape index (κ1) is 44.7. The molecular formula is C47H39Cl2N9O2S3. The SMILES string of the molecule is CC(O)c1cccc(Nc2nccc(-c3ccc(CNc4ccccc4)s3)n2)c1.Clc1nccc(-c2ccc(CNc3ccccc3)s2)n1.O=Cc1ccc(-c2ccnc(Cl)n2)s1. The first-order valence-electron chi connectivity index (χ1n) is 19.4. The normalized spacial score (nSPS) is 11.0. The van der Waals surface area contributed by atoms with E-state index in [1.54, 1.807) is 60.3 Å². The maximum absolute atomic E-state index is 10.5. The molecule has 1 atom stereocenters. The number of carbonyl (C=O) groups excluding carboxylic acids is 1. The lowest BCUT2D eigenvalue weighted by Crippen LogP contribution is -1.99. The number of halogens is 2. The van der Waals surface area contributed by atoms with Crippen LogP contribution in [0.2, 0.25) is 10.6 Å². The summed E-state index contributed by atoms with van der Waals surface area (Å²) in [5, 5.41) is 20.3. The summed E-state index contributed by atoms with van der Waals surface area (Å²) in [5.74, 6) is 0.530. The number of anilines is 4. The molecule has 0 amide bonds. The minimum absolute atomic E-state index is 0.212. The van der Waals surface area contributed by atoms with Crippen LogP contribution >= 0.6 is 57.2 Å². The number of aliphatic hydroxyl groups excluding tert-OH is 1. The van der Waals surface area contributed by atoms with Crippen molar-refractivity contribution in [2.45, 2.75) is 26.1 Å². The van der Waals surface area contributed by atoms with E-state index in [1.165, 1.54) is 21.1 Å². The van der Waals surface area contributed by atoms with Crippen LogP contribution in [0.25, 0.3) is 31.7 Å². The summed E-state index contributed by atoms with van der Waals surface area (Å²) < 4.78 is 0. The van der Waals surface area contributed by atoms with Crippen LogP contribution in [0, 0.1) is 0 Å². The van der Waals surface area contributed by atoms with E-state index in [1.807, 2.05) is 78.9 Å². The van der Waals surface area contributed by atoms with Gasteiger partial charge in [0.2, 0.25) is 16.5 Å². The monoisotopic (exact) mass is 927 g/mol. The molecule has 0 aliphatic rings. The molecule has 0 spiro atoms. The quantitative estimate of drug-likeness (QED) is 0.0646. The molecule has 3 aromatic carbocycles. The van der Waals surface area contributed by atoms with Crippen LogP contribution in [0.5, 0.6) is 0 Å². The Bertz CT molecular complexity index is 2840. The van der Waals surface area contributed by atoms with Crippen molar-refractivity contribution >= 4 is 86.5 Å². The van der Waals surface area contributed by atoms with Crippen molar-refractivity contribution in [2.75, 3.05) is 16.0 Å². The highest BCUT2D eigenvalue weighted by atomic mass is 35.5. The van der Waals surface area contributed by atoms with Crippen molar-refractivity contribution < 1.29 is 9.90 Å². The lowest BCUT2D eigenvalue weighted by molar-refractivity contribution is 0.112. The number of para-hydroxylation sites is 2. The molecule has 1 unspecified atom stereocenters. The molecule has 0 aliphatic carbocycles. The number of rotatable bonds is 13. The van der Waals surface area contributed by atoms with E-state index in [-0.39, 0.29) is 10.6 Å². The molecule has 9 rings (SSSR count). The Labute approximate surface area is 386 Å². The summed E-state index contributed by atoms with van der Waals surface area (Å²) >= 11 is 16.3. The maximum Gasteiger partial charge on any atom is 0.227 e. The summed E-state index contributed by atoms with van der Waals surface area (Å²) in [6.07, 6.45) is 5.32. The highest BCUT2D eigenvalue weighted by Crippen LogP contribution is 2.30. The molecule has 0 radical (unpaired) electrons. The first-order valence-corrected chi connectivity index (χ1v) is 22.6. The van der Waals surface area contributed by atoms with Crippen molar-refractivity contribution in [3.63, 3.8) is 0 Å². The third-order valence-corrected chi connectivity index (χ3v) is 12.5. The van der Waals surface area contributed by atoms with Gasteiger partial charge in [0.1, 0.15) is 0 Å². The molecule has 4 N–H and O–H groups in total. The van der Waals surface area contributed by atoms with Gasteiger partial charge in [0.05, 0.1) is 42.7 Å². The molecular weight excluding hydrogens is 890 g/mol. The zero-order valence-corrected chi connectivity index (χ0v) is 37.6. The summed E-state index contributed by atoms with van der Waals surface area (Å²) in [5.41, 5.74) is 6.40. The van der Waals surface area contributed by atoms with Crippen LogP contribution in [-0.2, 0) is 13.1 Å². The Morgan fingerprint density at radius 1 is 0.571 bits per heavy atom. The van der Waals surface area contributed by atoms with E-state index in [2.05, 4.69) is 94.4 Å². The van der Waals surface area contributed by atoms with Gasteiger partial charge in [-0.25, -0.2) is 29.9 Å². The molecule has 316 valence electrons. The highest BCUT2D eigenvalue weighted by Gasteiger charge is 2.09. The van der Waals surface area contributed by atoms with Gasteiger partial charge in [0.15, 0.2) is 6.29 Å². The van der Waals surface area contributed by atoms with Gasteiger partial charge < -0.3 is 21.1 Å². The highest BCUT2D eigenvalue weighted by molar-refractivity contribution is 7.17. The number of carbonyl (C=O) groups is 1. The molecule has 0 saturated heterocycles. The molecule has 0 saturated carbocycles. The van der Waals surface area contributed by atoms with E-state index in [4.69, 9.17) is 23.2 Å². The number of hydrogen-bond donors (Lipinski definition) is 4. The third kappa shape index (κ3) is 13.5. The standard InChI is InChI=1S/C23H22N4OS.C15H12ClN3S.C9H5ClN2OS/c1-16(28)17-6-5-9-19(14-17)26-23-24-13-12-21(27-23)22-11-10-20(29-22)15-25-18-7-3-2-4-8-18;16-15-17-9-8-13(19-15)14-7-6-12(20-14)10-18-11-4-2-1-3-5-11;10-9-11-4-3-7(12-9)8-2-1-6(5-13)14-8/h2-14,16,25,28H,15H2,1H3,(H,24,26,27);1-9,18H,10H2;1-5H. The molecule has 6 aromatic heterocycles. The van der Waals surface area contributed by atoms with Gasteiger partial charge >= 0.3 is 0 Å². The van der Waals surface area contributed by atoms with Crippen LogP contribution in [0.4, 0.5) is 23.0 Å². The fourth-order valence-electron chi connectivity index (χ4n) is 5.77. The minimum Gasteiger partial charge on any atom is -0.389 e. The zero-order chi connectivity index (χ0) is 43.8. The Balaban J connectivity index is 0.000000152. The maximum atomic E-state index is 10.5.